The summed E-state index contributed by atoms with van der Waals surface area (Å²) < 4.78 is 14.3. The maximum atomic E-state index is 13.6. The van der Waals surface area contributed by atoms with E-state index in [1.165, 1.54) is 17.8 Å². The van der Waals surface area contributed by atoms with Crippen molar-refractivity contribution in [1.82, 2.24) is 4.90 Å². The summed E-state index contributed by atoms with van der Waals surface area (Å²) in [5, 5.41) is 0. The Labute approximate surface area is 120 Å². The van der Waals surface area contributed by atoms with Crippen LogP contribution in [0.1, 0.15) is 5.56 Å². The normalized spacial score (nSPS) is 17.9. The lowest BCUT2D eigenvalue weighted by Crippen LogP contribution is -2.55. The second-order valence-corrected chi connectivity index (χ2v) is 5.77. The van der Waals surface area contributed by atoms with Crippen LogP contribution >= 0.6 is 36.2 Å². The molecule has 0 bridgehead atoms. The molecule has 2 nitrogen and oxygen atoms in total. The SMILES string of the molecule is [NH3+]CCN1C(=S)S/C(=C/c2ccccc2F)C1=S. The molecule has 3 N–H and O–H groups in total. The Morgan fingerprint density at radius 2 is 2.06 bits per heavy atom. The van der Waals surface area contributed by atoms with Crippen LogP contribution in [0.4, 0.5) is 4.39 Å². The lowest BCUT2D eigenvalue weighted by Gasteiger charge is -2.13. The Balaban J connectivity index is 2.28. The highest BCUT2D eigenvalue weighted by Gasteiger charge is 2.28. The Hall–Kier alpha value is -0.820. The van der Waals surface area contributed by atoms with E-state index in [0.29, 0.717) is 21.4 Å². The zero-order valence-corrected chi connectivity index (χ0v) is 12.0. The van der Waals surface area contributed by atoms with Crippen molar-refractivity contribution in [3.8, 4) is 0 Å². The number of thioether (sulfide) groups is 1. The Kier molecular flexibility index (Phi) is 4.45. The number of quaternary nitrogens is 1. The molecule has 0 aromatic heterocycles. The Morgan fingerprint density at radius 1 is 1.33 bits per heavy atom. The Bertz CT molecular complexity index is 528. The van der Waals surface area contributed by atoms with E-state index in [1.807, 2.05) is 4.90 Å². The first-order chi connectivity index (χ1) is 8.63. The molecule has 0 atom stereocenters. The van der Waals surface area contributed by atoms with E-state index < -0.39 is 0 Å². The number of benzene rings is 1. The van der Waals surface area contributed by atoms with E-state index in [4.69, 9.17) is 24.4 Å². The minimum Gasteiger partial charge on any atom is -0.356 e. The Morgan fingerprint density at radius 3 is 2.72 bits per heavy atom. The van der Waals surface area contributed by atoms with Crippen LogP contribution in [-0.4, -0.2) is 27.3 Å². The topological polar surface area (TPSA) is 30.9 Å². The summed E-state index contributed by atoms with van der Waals surface area (Å²) in [7, 11) is 0. The van der Waals surface area contributed by atoms with Crippen LogP contribution in [0.5, 0.6) is 0 Å². The van der Waals surface area contributed by atoms with Gasteiger partial charge in [-0.3, -0.25) is 0 Å². The number of halogens is 1. The highest BCUT2D eigenvalue weighted by molar-refractivity contribution is 8.27. The van der Waals surface area contributed by atoms with Crippen molar-refractivity contribution in [2.75, 3.05) is 13.1 Å². The van der Waals surface area contributed by atoms with Gasteiger partial charge in [0, 0.05) is 5.56 Å². The predicted molar refractivity (Wildman–Crippen MR) is 81.6 cm³/mol. The standard InChI is InChI=1S/C12H11FN2S3/c13-9-4-2-1-3-8(9)7-10-11(16)15(6-5-14)12(17)18-10/h1-4,7H,5-6,14H2/p+1/b10-7+. The number of nitrogens with zero attached hydrogens (tertiary/aromatic N) is 1. The van der Waals surface area contributed by atoms with E-state index in [2.05, 4.69) is 5.73 Å². The van der Waals surface area contributed by atoms with Crippen LogP contribution in [0.3, 0.4) is 0 Å². The highest BCUT2D eigenvalue weighted by Crippen LogP contribution is 2.33. The summed E-state index contributed by atoms with van der Waals surface area (Å²) in [5.41, 5.74) is 4.32. The van der Waals surface area contributed by atoms with Gasteiger partial charge in [0.05, 0.1) is 18.0 Å². The molecule has 1 aliphatic heterocycles. The number of hydrogen-bond acceptors (Lipinski definition) is 3. The first-order valence-electron chi connectivity index (χ1n) is 5.42. The lowest BCUT2D eigenvalue weighted by molar-refractivity contribution is -0.366. The number of rotatable bonds is 3. The van der Waals surface area contributed by atoms with E-state index >= 15 is 0 Å². The van der Waals surface area contributed by atoms with Crippen molar-refractivity contribution in [3.63, 3.8) is 0 Å². The fraction of sp³-hybridized carbons (Fsp3) is 0.167. The first kappa shape index (κ1) is 13.6. The zero-order valence-electron chi connectivity index (χ0n) is 9.56. The third-order valence-corrected chi connectivity index (χ3v) is 4.41. The van der Waals surface area contributed by atoms with Gasteiger partial charge in [0.2, 0.25) is 0 Å². The molecule has 1 heterocycles. The molecule has 6 heteroatoms. The van der Waals surface area contributed by atoms with Gasteiger partial charge in [-0.1, -0.05) is 54.4 Å². The molecule has 94 valence electrons. The first-order valence-corrected chi connectivity index (χ1v) is 7.06. The van der Waals surface area contributed by atoms with Gasteiger partial charge >= 0.3 is 0 Å². The lowest BCUT2D eigenvalue weighted by atomic mass is 10.2. The summed E-state index contributed by atoms with van der Waals surface area (Å²) in [6, 6.07) is 6.61. The van der Waals surface area contributed by atoms with Crippen molar-refractivity contribution in [3.05, 3.63) is 40.6 Å². The molecule has 0 saturated carbocycles. The third kappa shape index (κ3) is 2.77. The molecule has 0 spiro atoms. The van der Waals surface area contributed by atoms with Gasteiger partial charge in [0.1, 0.15) is 15.1 Å². The number of hydrogen-bond donors (Lipinski definition) is 1. The second kappa shape index (κ2) is 5.88. The molecular formula is C12H12FN2S3+. The van der Waals surface area contributed by atoms with Gasteiger partial charge in [0.15, 0.2) is 0 Å². The molecule has 2 rings (SSSR count). The summed E-state index contributed by atoms with van der Waals surface area (Å²) >= 11 is 12.0. The van der Waals surface area contributed by atoms with Crippen LogP contribution in [0.25, 0.3) is 6.08 Å². The van der Waals surface area contributed by atoms with Gasteiger partial charge in [-0.15, -0.1) is 0 Å². The quantitative estimate of drug-likeness (QED) is 0.684. The molecule has 18 heavy (non-hydrogen) atoms. The highest BCUT2D eigenvalue weighted by atomic mass is 32.2. The van der Waals surface area contributed by atoms with Crippen molar-refractivity contribution in [1.29, 1.82) is 0 Å². The molecule has 0 aliphatic carbocycles. The van der Waals surface area contributed by atoms with Gasteiger partial charge in [-0.25, -0.2) is 4.39 Å². The van der Waals surface area contributed by atoms with Crippen LogP contribution in [0.15, 0.2) is 29.2 Å². The smallest absolute Gasteiger partial charge is 0.146 e. The largest absolute Gasteiger partial charge is 0.356 e. The average molecular weight is 299 g/mol. The molecule has 0 radical (unpaired) electrons. The van der Waals surface area contributed by atoms with Crippen molar-refractivity contribution >= 4 is 51.6 Å². The van der Waals surface area contributed by atoms with Crippen molar-refractivity contribution < 1.29 is 10.1 Å². The third-order valence-electron chi connectivity index (χ3n) is 2.45. The molecular weight excluding hydrogens is 287 g/mol. The molecule has 0 amide bonds. The van der Waals surface area contributed by atoms with Crippen molar-refractivity contribution in [2.45, 2.75) is 0 Å². The molecule has 1 fully saturated rings. The molecule has 1 aromatic carbocycles. The summed E-state index contributed by atoms with van der Waals surface area (Å²) in [6.07, 6.45) is 1.75. The summed E-state index contributed by atoms with van der Waals surface area (Å²) in [6.45, 7) is 1.44. The monoisotopic (exact) mass is 299 g/mol. The van der Waals surface area contributed by atoms with Gasteiger partial charge in [0.25, 0.3) is 0 Å². The van der Waals surface area contributed by atoms with Gasteiger partial charge in [-0.05, 0) is 12.1 Å². The minimum absolute atomic E-state index is 0.255. The van der Waals surface area contributed by atoms with Gasteiger partial charge < -0.3 is 10.6 Å². The fourth-order valence-electron chi connectivity index (χ4n) is 1.58. The van der Waals surface area contributed by atoms with Crippen LogP contribution < -0.4 is 5.73 Å². The minimum atomic E-state index is -0.255. The van der Waals surface area contributed by atoms with E-state index in [0.717, 1.165) is 11.4 Å². The van der Waals surface area contributed by atoms with E-state index in [-0.39, 0.29) is 5.82 Å². The predicted octanol–water partition coefficient (Wildman–Crippen LogP) is 2.07. The second-order valence-electron chi connectivity index (χ2n) is 3.71. The molecule has 1 saturated heterocycles. The van der Waals surface area contributed by atoms with E-state index in [1.54, 1.807) is 24.3 Å². The maximum absolute atomic E-state index is 13.6. The van der Waals surface area contributed by atoms with Crippen LogP contribution in [0, 0.1) is 5.82 Å². The molecule has 1 aromatic rings. The zero-order chi connectivity index (χ0) is 13.1. The average Bonchev–Trinajstić information content (AvgIpc) is 2.60. The maximum Gasteiger partial charge on any atom is 0.146 e. The van der Waals surface area contributed by atoms with Crippen LogP contribution in [-0.2, 0) is 0 Å². The fourth-order valence-corrected chi connectivity index (χ4v) is 3.38. The van der Waals surface area contributed by atoms with Gasteiger partial charge in [-0.2, -0.15) is 0 Å². The van der Waals surface area contributed by atoms with E-state index in [9.17, 15) is 4.39 Å². The van der Waals surface area contributed by atoms with Crippen molar-refractivity contribution in [2.24, 2.45) is 0 Å². The summed E-state index contributed by atoms with van der Waals surface area (Å²) in [5.74, 6) is -0.255. The van der Waals surface area contributed by atoms with Crippen LogP contribution in [0.2, 0.25) is 0 Å². The number of thiocarbonyl (C=S) groups is 2. The summed E-state index contributed by atoms with van der Waals surface area (Å²) in [4.78, 5) is 3.36. The molecule has 0 unspecified atom stereocenters. The molecule has 1 aliphatic rings.